The highest BCUT2D eigenvalue weighted by atomic mass is 35.7. The predicted octanol–water partition coefficient (Wildman–Crippen LogP) is -13.8. The molecule has 0 aliphatic rings. The zero-order chi connectivity index (χ0) is 9.00. The number of hydrogen-bond acceptors (Lipinski definition) is 8. The van der Waals surface area contributed by atoms with Crippen LogP contribution in [0.25, 0.3) is 0 Å². The molecule has 0 fully saturated rings. The van der Waals surface area contributed by atoms with Gasteiger partial charge in [0.1, 0.15) is 0 Å². The van der Waals surface area contributed by atoms with Crippen LogP contribution in [-0.4, -0.2) is 16.4 Å². The summed E-state index contributed by atoms with van der Waals surface area (Å²) in [5.41, 5.74) is 0. The van der Waals surface area contributed by atoms with Crippen LogP contribution in [0.1, 0.15) is 0 Å². The van der Waals surface area contributed by atoms with E-state index in [-0.39, 0.29) is 27.4 Å². The van der Waals surface area contributed by atoms with E-state index in [1.165, 1.54) is 0 Å². The monoisotopic (exact) mass is 290 g/mol. The molecule has 0 aliphatic heterocycles. The van der Waals surface area contributed by atoms with Gasteiger partial charge in [0.2, 0.25) is 0 Å². The highest BCUT2D eigenvalue weighted by Crippen LogP contribution is 1.50. The summed E-state index contributed by atoms with van der Waals surface area (Å²) in [6.07, 6.45) is 0. The summed E-state index contributed by atoms with van der Waals surface area (Å²) in [4.78, 5) is 0. The normalized spacial score (nSPS) is 8.00. The zero-order valence-corrected chi connectivity index (χ0v) is 8.19. The molecule has 0 heterocycles. The zero-order valence-electron chi connectivity index (χ0n) is 6.68. The summed E-state index contributed by atoms with van der Waals surface area (Å²) in [7, 11) is -9.89. The van der Waals surface area contributed by atoms with E-state index in [2.05, 4.69) is 0 Å². The lowest BCUT2D eigenvalue weighted by molar-refractivity contribution is -2.00. The van der Waals surface area contributed by atoms with Gasteiger partial charge in [-0.3, -0.25) is 0 Å². The Labute approximate surface area is 86.1 Å². The lowest BCUT2D eigenvalue weighted by Crippen LogP contribution is -2.68. The first-order valence-electron chi connectivity index (χ1n) is 1.23. The Morgan fingerprint density at radius 2 is 0.400 bits per heavy atom. The van der Waals surface area contributed by atoms with Gasteiger partial charge in [-0.25, -0.2) is 37.3 Å². The van der Waals surface area contributed by atoms with E-state index in [1.807, 2.05) is 0 Å². The second-order valence-electron chi connectivity index (χ2n) is 0.756. The minimum Gasteiger partial charge on any atom is -0.457 e. The molecule has 13 nitrogen and oxygen atoms in total. The summed E-state index contributed by atoms with van der Waals surface area (Å²) >= 11 is 0. The maximum absolute atomic E-state index is 8.49. The Morgan fingerprint density at radius 1 is 0.400 bits per heavy atom. The molecule has 12 N–H and O–H groups in total. The van der Waals surface area contributed by atoms with Crippen molar-refractivity contribution in [2.45, 2.75) is 0 Å². The molecule has 15 heavy (non-hydrogen) atoms. The van der Waals surface area contributed by atoms with Gasteiger partial charge in [0.25, 0.3) is 0 Å². The van der Waals surface area contributed by atoms with Gasteiger partial charge < -0.3 is 27.4 Å². The van der Waals surface area contributed by atoms with Gasteiger partial charge in [0.05, 0.1) is 0 Å². The summed E-state index contributed by atoms with van der Waals surface area (Å²) in [5, 5.41) is 0. The molecule has 0 aromatic carbocycles. The first kappa shape index (κ1) is 45.8. The third-order valence-electron chi connectivity index (χ3n) is 0. The maximum atomic E-state index is 8.49. The Bertz CT molecular complexity index is 51.5. The summed E-state index contributed by atoms with van der Waals surface area (Å²) in [6.45, 7) is 0. The van der Waals surface area contributed by atoms with Crippen molar-refractivity contribution < 1.29 is 85.1 Å². The van der Waals surface area contributed by atoms with Crippen molar-refractivity contribution in [2.24, 2.45) is 0 Å². The number of rotatable bonds is 0. The number of hydrogen-bond donors (Lipinski definition) is 0. The Kier molecular flexibility index (Phi) is 50.4. The molecule has 0 aromatic heterocycles. The molecule has 0 radical (unpaired) electrons. The van der Waals surface area contributed by atoms with Crippen LogP contribution in [0.3, 0.4) is 0 Å². The minimum atomic E-state index is -4.94. The molecule has 0 amide bonds. The molecule has 0 rings (SSSR count). The van der Waals surface area contributed by atoms with Crippen LogP contribution in [0, 0.1) is 20.5 Å². The quantitative estimate of drug-likeness (QED) is 0.384. The van der Waals surface area contributed by atoms with E-state index >= 15 is 0 Å². The molecule has 0 aromatic rings. The second-order valence-corrected chi connectivity index (χ2v) is 2.27. The van der Waals surface area contributed by atoms with Crippen molar-refractivity contribution in [2.75, 3.05) is 0 Å². The van der Waals surface area contributed by atoms with E-state index in [0.717, 1.165) is 0 Å². The first-order chi connectivity index (χ1) is 4.00. The van der Waals surface area contributed by atoms with Crippen LogP contribution < -0.4 is 37.3 Å². The van der Waals surface area contributed by atoms with Gasteiger partial charge in [0.15, 0.2) is 0 Å². The number of halogens is 2. The van der Waals surface area contributed by atoms with Crippen molar-refractivity contribution >= 4 is 0 Å². The molecule has 0 bridgehead atoms. The van der Waals surface area contributed by atoms with E-state index in [0.29, 0.717) is 0 Å². The molecule has 0 saturated heterocycles. The fraction of sp³-hybridized carbons (Fsp3) is 0. The van der Waals surface area contributed by atoms with Gasteiger partial charge in [0, 0.05) is 0 Å². The highest BCUT2D eigenvalue weighted by Gasteiger charge is 1.84. The van der Waals surface area contributed by atoms with Gasteiger partial charge in [-0.15, -0.1) is 20.5 Å². The van der Waals surface area contributed by atoms with Gasteiger partial charge in [-0.05, 0) is 0 Å². The van der Waals surface area contributed by atoms with Crippen molar-refractivity contribution in [3.8, 4) is 0 Å². The minimum absolute atomic E-state index is 0. The predicted molar refractivity (Wildman–Crippen MR) is 20.6 cm³/mol. The maximum Gasteiger partial charge on any atom is -0.112 e. The van der Waals surface area contributed by atoms with E-state index < -0.39 is 20.5 Å². The molecular formula is H12Cl2O13. The van der Waals surface area contributed by atoms with Gasteiger partial charge >= 0.3 is 0 Å². The third-order valence-corrected chi connectivity index (χ3v) is 0. The van der Waals surface area contributed by atoms with Crippen molar-refractivity contribution in [3.63, 3.8) is 0 Å². The molecule has 0 atom stereocenters. The standard InChI is InChI=1S/2ClHO4.5H2O/c2*2-1(3,4)5;;;;;/h2*(H,2,3,4,5);5*1H2. The van der Waals surface area contributed by atoms with Crippen LogP contribution in [0.15, 0.2) is 0 Å². The first-order valence-corrected chi connectivity index (χ1v) is 3.70. The highest BCUT2D eigenvalue weighted by molar-refractivity contribution is 2.01. The van der Waals surface area contributed by atoms with Crippen LogP contribution >= 0.6 is 0 Å². The summed E-state index contributed by atoms with van der Waals surface area (Å²) < 4.78 is 67.9. The van der Waals surface area contributed by atoms with Gasteiger partial charge in [-0.1, -0.05) is 0 Å². The van der Waals surface area contributed by atoms with Gasteiger partial charge in [-0.2, -0.15) is 0 Å². The molecule has 0 aliphatic carbocycles. The molecular weight excluding hydrogens is 279 g/mol. The third kappa shape index (κ3) is 568000. The lowest BCUT2D eigenvalue weighted by Gasteiger charge is -2.17. The van der Waals surface area contributed by atoms with E-state index in [9.17, 15) is 0 Å². The van der Waals surface area contributed by atoms with Crippen LogP contribution in [0.4, 0.5) is 0 Å². The molecule has 0 spiro atoms. The van der Waals surface area contributed by atoms with Crippen molar-refractivity contribution in [3.05, 3.63) is 0 Å². The smallest absolute Gasteiger partial charge is 0.112 e. The van der Waals surface area contributed by atoms with Crippen molar-refractivity contribution in [1.29, 1.82) is 0 Å². The average molecular weight is 291 g/mol. The van der Waals surface area contributed by atoms with Crippen molar-refractivity contribution in [1.82, 2.24) is 0 Å². The summed E-state index contributed by atoms with van der Waals surface area (Å²) in [5.74, 6) is 0. The van der Waals surface area contributed by atoms with Crippen LogP contribution in [-0.2, 0) is 11.0 Å². The molecule has 15 heteroatoms. The molecule has 0 saturated carbocycles. The largest absolute Gasteiger partial charge is 0.457 e. The fourth-order valence-corrected chi connectivity index (χ4v) is 0. The Morgan fingerprint density at radius 3 is 0.400 bits per heavy atom. The second kappa shape index (κ2) is 16.5. The lowest BCUT2D eigenvalue weighted by atomic mass is 15.8. The molecule has 104 valence electrons. The fourth-order valence-electron chi connectivity index (χ4n) is 0. The summed E-state index contributed by atoms with van der Waals surface area (Å²) in [6, 6.07) is 0. The van der Waals surface area contributed by atoms with E-state index in [1.54, 1.807) is 0 Å². The van der Waals surface area contributed by atoms with Crippen LogP contribution in [0.5, 0.6) is 0 Å². The molecule has 0 unspecified atom stereocenters. The average Bonchev–Trinajstić information content (AvgIpc) is 1.12. The van der Waals surface area contributed by atoms with Crippen LogP contribution in [0.2, 0.25) is 0 Å². The topological polar surface area (TPSA) is 345 Å². The Balaban J connectivity index is -0.0000000128. The van der Waals surface area contributed by atoms with E-state index in [4.69, 9.17) is 37.3 Å². The Hall–Kier alpha value is 0.0600. The SMILES string of the molecule is O.O.O.[O-][Cl+3]([O-])([O-])[O-].[O-][Cl+3]([O-])([O-])[O-].[OH3+].[OH3+].